The second kappa shape index (κ2) is 6.24. The number of aldehydes is 1. The quantitative estimate of drug-likeness (QED) is 0.770. The van der Waals surface area contributed by atoms with Crippen molar-refractivity contribution in [3.8, 4) is 5.75 Å². The molecule has 0 saturated carbocycles. The van der Waals surface area contributed by atoms with Crippen LogP contribution in [0.4, 0.5) is 0 Å². The molecule has 0 bridgehead atoms. The molecule has 0 unspecified atom stereocenters. The number of piperidine rings is 1. The maximum Gasteiger partial charge on any atom is 0.246 e. The van der Waals surface area contributed by atoms with Crippen LogP contribution in [0.25, 0.3) is 0 Å². The van der Waals surface area contributed by atoms with Crippen LogP contribution >= 0.6 is 15.9 Å². The highest BCUT2D eigenvalue weighted by molar-refractivity contribution is 9.10. The topological polar surface area (TPSA) is 63.7 Å². The molecule has 1 aliphatic rings. The largest absolute Gasteiger partial charge is 0.495 e. The molecule has 0 aromatic heterocycles. The van der Waals surface area contributed by atoms with Crippen molar-refractivity contribution in [1.29, 1.82) is 0 Å². The fraction of sp³-hybridized carbons (Fsp3) is 0.462. The highest BCUT2D eigenvalue weighted by Gasteiger charge is 2.31. The van der Waals surface area contributed by atoms with Gasteiger partial charge in [0.25, 0.3) is 0 Å². The number of ether oxygens (including phenoxy) is 1. The number of hydrogen-bond donors (Lipinski definition) is 0. The number of sulfonamides is 1. The summed E-state index contributed by atoms with van der Waals surface area (Å²) in [5, 5.41) is 0. The molecule has 0 radical (unpaired) electrons. The lowest BCUT2D eigenvalue weighted by Crippen LogP contribution is -2.38. The van der Waals surface area contributed by atoms with Crippen molar-refractivity contribution in [1.82, 2.24) is 4.31 Å². The standard InChI is InChI=1S/C13H16BrNO4S/c1-19-12-3-2-11(14)8-13(12)20(17,18)15-6-4-10(9-16)5-7-15/h2-3,8-10H,4-7H2,1H3. The third kappa shape index (κ3) is 3.05. The van der Waals surface area contributed by atoms with Crippen LogP contribution < -0.4 is 4.74 Å². The lowest BCUT2D eigenvalue weighted by molar-refractivity contribution is -0.112. The van der Waals surface area contributed by atoms with Gasteiger partial charge in [-0.1, -0.05) is 15.9 Å². The lowest BCUT2D eigenvalue weighted by Gasteiger charge is -2.29. The van der Waals surface area contributed by atoms with Gasteiger partial charge in [0, 0.05) is 23.5 Å². The molecule has 1 heterocycles. The smallest absolute Gasteiger partial charge is 0.246 e. The summed E-state index contributed by atoms with van der Waals surface area (Å²) in [6.45, 7) is 0.725. The number of carbonyl (C=O) groups excluding carboxylic acids is 1. The Balaban J connectivity index is 2.31. The van der Waals surface area contributed by atoms with Gasteiger partial charge in [0.2, 0.25) is 10.0 Å². The Kier molecular flexibility index (Phi) is 4.82. The Labute approximate surface area is 127 Å². The van der Waals surface area contributed by atoms with E-state index in [4.69, 9.17) is 4.74 Å². The van der Waals surface area contributed by atoms with Crippen LogP contribution in [0.2, 0.25) is 0 Å². The Bertz CT molecular complexity index is 594. The van der Waals surface area contributed by atoms with E-state index in [2.05, 4.69) is 15.9 Å². The summed E-state index contributed by atoms with van der Waals surface area (Å²) in [7, 11) is -2.15. The van der Waals surface area contributed by atoms with Gasteiger partial charge in [-0.3, -0.25) is 0 Å². The number of methoxy groups -OCH3 is 1. The van der Waals surface area contributed by atoms with Crippen molar-refractivity contribution in [3.05, 3.63) is 22.7 Å². The van der Waals surface area contributed by atoms with Crippen LogP contribution in [0.5, 0.6) is 5.75 Å². The van der Waals surface area contributed by atoms with E-state index >= 15 is 0 Å². The number of carbonyl (C=O) groups is 1. The minimum Gasteiger partial charge on any atom is -0.495 e. The van der Waals surface area contributed by atoms with Gasteiger partial charge < -0.3 is 9.53 Å². The van der Waals surface area contributed by atoms with Gasteiger partial charge in [0.05, 0.1) is 7.11 Å². The zero-order valence-corrected chi connectivity index (χ0v) is 13.5. The molecule has 2 rings (SSSR count). The van der Waals surface area contributed by atoms with Crippen molar-refractivity contribution in [2.45, 2.75) is 17.7 Å². The summed E-state index contributed by atoms with van der Waals surface area (Å²) in [6.07, 6.45) is 2.04. The molecule has 0 spiro atoms. The molecule has 5 nitrogen and oxygen atoms in total. The molecule has 1 aromatic rings. The fourth-order valence-corrected chi connectivity index (χ4v) is 4.41. The Morgan fingerprint density at radius 1 is 1.35 bits per heavy atom. The molecule has 7 heteroatoms. The summed E-state index contributed by atoms with van der Waals surface area (Å²) < 4.78 is 32.5. The highest BCUT2D eigenvalue weighted by atomic mass is 79.9. The molecule has 1 saturated heterocycles. The third-order valence-corrected chi connectivity index (χ3v) is 5.85. The van der Waals surface area contributed by atoms with E-state index in [1.807, 2.05) is 0 Å². The van der Waals surface area contributed by atoms with Crippen LogP contribution in [-0.2, 0) is 14.8 Å². The molecule has 0 atom stereocenters. The molecule has 1 aromatic carbocycles. The summed E-state index contributed by atoms with van der Waals surface area (Å²) in [6, 6.07) is 4.89. The molecular formula is C13H16BrNO4S. The first-order valence-electron chi connectivity index (χ1n) is 6.28. The van der Waals surface area contributed by atoms with E-state index < -0.39 is 10.0 Å². The van der Waals surface area contributed by atoms with Crippen molar-refractivity contribution >= 4 is 32.2 Å². The first kappa shape index (κ1) is 15.5. The van der Waals surface area contributed by atoms with Crippen LogP contribution in [0.3, 0.4) is 0 Å². The molecule has 0 N–H and O–H groups in total. The summed E-state index contributed by atoms with van der Waals surface area (Å²) >= 11 is 3.28. The van der Waals surface area contributed by atoms with Crippen molar-refractivity contribution < 1.29 is 17.9 Å². The zero-order valence-electron chi connectivity index (χ0n) is 11.1. The average Bonchev–Trinajstić information content (AvgIpc) is 2.47. The number of nitrogens with zero attached hydrogens (tertiary/aromatic N) is 1. The van der Waals surface area contributed by atoms with E-state index in [1.165, 1.54) is 11.4 Å². The molecule has 1 fully saturated rings. The Morgan fingerprint density at radius 2 is 2.00 bits per heavy atom. The van der Waals surface area contributed by atoms with Crippen molar-refractivity contribution in [2.24, 2.45) is 5.92 Å². The summed E-state index contributed by atoms with van der Waals surface area (Å²) in [4.78, 5) is 10.9. The van der Waals surface area contributed by atoms with Crippen molar-refractivity contribution in [3.63, 3.8) is 0 Å². The van der Waals surface area contributed by atoms with E-state index in [1.54, 1.807) is 18.2 Å². The van der Waals surface area contributed by atoms with E-state index in [0.717, 1.165) is 6.29 Å². The minimum absolute atomic E-state index is 0.0362. The first-order chi connectivity index (χ1) is 9.48. The van der Waals surface area contributed by atoms with Crippen LogP contribution in [0.1, 0.15) is 12.8 Å². The fourth-order valence-electron chi connectivity index (χ4n) is 2.24. The third-order valence-electron chi connectivity index (χ3n) is 3.43. The molecule has 20 heavy (non-hydrogen) atoms. The monoisotopic (exact) mass is 361 g/mol. The SMILES string of the molecule is COc1ccc(Br)cc1S(=O)(=O)N1CCC(C=O)CC1. The normalized spacial score (nSPS) is 17.9. The molecule has 0 aliphatic carbocycles. The van der Waals surface area contributed by atoms with Gasteiger partial charge in [0.1, 0.15) is 16.9 Å². The molecular weight excluding hydrogens is 346 g/mol. The highest BCUT2D eigenvalue weighted by Crippen LogP contribution is 2.31. The van der Waals surface area contributed by atoms with Crippen LogP contribution in [-0.4, -0.2) is 39.2 Å². The number of hydrogen-bond acceptors (Lipinski definition) is 4. The second-order valence-electron chi connectivity index (χ2n) is 4.67. The summed E-state index contributed by atoms with van der Waals surface area (Å²) in [5.41, 5.74) is 0. The van der Waals surface area contributed by atoms with Gasteiger partial charge in [-0.15, -0.1) is 0 Å². The first-order valence-corrected chi connectivity index (χ1v) is 8.51. The van der Waals surface area contributed by atoms with Gasteiger partial charge in [-0.25, -0.2) is 8.42 Å². The average molecular weight is 362 g/mol. The van der Waals surface area contributed by atoms with Gasteiger partial charge in [-0.2, -0.15) is 4.31 Å². The second-order valence-corrected chi connectivity index (χ2v) is 7.49. The molecule has 1 aliphatic heterocycles. The van der Waals surface area contributed by atoms with E-state index in [-0.39, 0.29) is 10.8 Å². The number of benzene rings is 1. The molecule has 110 valence electrons. The maximum atomic E-state index is 12.7. The van der Waals surface area contributed by atoms with Crippen LogP contribution in [0.15, 0.2) is 27.6 Å². The predicted octanol–water partition coefficient (Wildman–Crippen LogP) is 2.06. The number of rotatable bonds is 4. The zero-order chi connectivity index (χ0) is 14.8. The van der Waals surface area contributed by atoms with E-state index in [0.29, 0.717) is 36.2 Å². The lowest BCUT2D eigenvalue weighted by atomic mass is 10.0. The van der Waals surface area contributed by atoms with Gasteiger partial charge in [0.15, 0.2) is 0 Å². The molecule has 0 amide bonds. The van der Waals surface area contributed by atoms with Gasteiger partial charge in [-0.05, 0) is 31.0 Å². The predicted molar refractivity (Wildman–Crippen MR) is 78.2 cm³/mol. The summed E-state index contributed by atoms with van der Waals surface area (Å²) in [5.74, 6) is 0.288. The minimum atomic E-state index is -3.60. The maximum absolute atomic E-state index is 12.7. The number of halogens is 1. The Hall–Kier alpha value is -0.920. The Morgan fingerprint density at radius 3 is 2.55 bits per heavy atom. The van der Waals surface area contributed by atoms with Crippen LogP contribution in [0, 0.1) is 5.92 Å². The van der Waals surface area contributed by atoms with E-state index in [9.17, 15) is 13.2 Å². The van der Waals surface area contributed by atoms with Crippen molar-refractivity contribution in [2.75, 3.05) is 20.2 Å². The van der Waals surface area contributed by atoms with Gasteiger partial charge >= 0.3 is 0 Å².